The number of fused-ring (bicyclic) bond motifs is 1. The molecule has 0 radical (unpaired) electrons. The summed E-state index contributed by atoms with van der Waals surface area (Å²) in [6, 6.07) is 7.23. The van der Waals surface area contributed by atoms with Gasteiger partial charge in [-0.1, -0.05) is 38.7 Å². The van der Waals surface area contributed by atoms with Crippen LogP contribution in [0, 0.1) is 46.7 Å². The number of nitrogens with zero attached hydrogens (tertiary/aromatic N) is 1. The lowest BCUT2D eigenvalue weighted by atomic mass is 9.60. The normalized spacial score (nSPS) is 35.8. The van der Waals surface area contributed by atoms with Crippen molar-refractivity contribution >= 4 is 0 Å². The first-order valence-corrected chi connectivity index (χ1v) is 11.9. The molecule has 152 valence electrons. The first-order chi connectivity index (χ1) is 13.7. The van der Waals surface area contributed by atoms with Gasteiger partial charge in [0.25, 0.3) is 0 Å². The molecule has 1 nitrogen and oxygen atoms in total. The largest absolute Gasteiger partial charge is 0.206 e. The summed E-state index contributed by atoms with van der Waals surface area (Å²) in [7, 11) is 0. The first kappa shape index (κ1) is 19.9. The van der Waals surface area contributed by atoms with Gasteiger partial charge in [-0.25, -0.2) is 4.39 Å². The van der Waals surface area contributed by atoms with E-state index in [0.29, 0.717) is 5.92 Å². The van der Waals surface area contributed by atoms with Gasteiger partial charge in [0.2, 0.25) is 0 Å². The SMILES string of the molecule is CCCC1CCC(C2CCC3CC(c4ccc(C#N)c(F)c4)CCC3C2)CC1. The second kappa shape index (κ2) is 8.98. The molecule has 0 spiro atoms. The molecule has 0 aromatic heterocycles. The second-order valence-corrected chi connectivity index (χ2v) is 10.0. The monoisotopic (exact) mass is 381 g/mol. The molecule has 0 amide bonds. The van der Waals surface area contributed by atoms with E-state index in [1.807, 2.05) is 12.1 Å². The van der Waals surface area contributed by atoms with Gasteiger partial charge in [-0.2, -0.15) is 5.26 Å². The van der Waals surface area contributed by atoms with E-state index >= 15 is 0 Å². The zero-order valence-corrected chi connectivity index (χ0v) is 17.5. The van der Waals surface area contributed by atoms with Crippen molar-refractivity contribution in [3.8, 4) is 6.07 Å². The molecule has 28 heavy (non-hydrogen) atoms. The zero-order valence-electron chi connectivity index (χ0n) is 17.5. The van der Waals surface area contributed by atoms with E-state index in [4.69, 9.17) is 5.26 Å². The summed E-state index contributed by atoms with van der Waals surface area (Å²) in [5.74, 6) is 4.89. The lowest BCUT2D eigenvalue weighted by Gasteiger charge is -2.45. The van der Waals surface area contributed by atoms with Crippen molar-refractivity contribution < 1.29 is 4.39 Å². The molecule has 3 aliphatic carbocycles. The van der Waals surface area contributed by atoms with Gasteiger partial charge < -0.3 is 0 Å². The predicted molar refractivity (Wildman–Crippen MR) is 112 cm³/mol. The smallest absolute Gasteiger partial charge is 0.141 e. The molecule has 3 aliphatic rings. The fourth-order valence-corrected chi connectivity index (χ4v) is 6.89. The van der Waals surface area contributed by atoms with Gasteiger partial charge in [0.15, 0.2) is 0 Å². The number of rotatable bonds is 4. The molecule has 1 aromatic rings. The number of hydrogen-bond acceptors (Lipinski definition) is 1. The fraction of sp³-hybridized carbons (Fsp3) is 0.731. The van der Waals surface area contributed by atoms with E-state index < -0.39 is 0 Å². The third-order valence-electron chi connectivity index (χ3n) is 8.49. The minimum atomic E-state index is -0.343. The van der Waals surface area contributed by atoms with Crippen LogP contribution in [0.2, 0.25) is 0 Å². The standard InChI is InChI=1S/C26H36FN/c1-2-3-18-4-6-19(7-5-18)20-8-9-22-15-23(11-10-21(22)14-20)24-12-13-25(17-28)26(27)16-24/h12-13,16,18-23H,2-11,14-15H2,1H3. The first-order valence-electron chi connectivity index (χ1n) is 11.9. The maximum Gasteiger partial charge on any atom is 0.141 e. The summed E-state index contributed by atoms with van der Waals surface area (Å²) < 4.78 is 14.0. The van der Waals surface area contributed by atoms with Crippen molar-refractivity contribution in [2.45, 2.75) is 89.9 Å². The van der Waals surface area contributed by atoms with Crippen LogP contribution in [-0.4, -0.2) is 0 Å². The molecule has 1 aromatic carbocycles. The Bertz CT molecular complexity index is 697. The average Bonchev–Trinajstić information content (AvgIpc) is 2.74. The van der Waals surface area contributed by atoms with Gasteiger partial charge in [-0.15, -0.1) is 0 Å². The van der Waals surface area contributed by atoms with E-state index in [9.17, 15) is 4.39 Å². The Labute approximate surface area is 170 Å². The maximum atomic E-state index is 14.0. The zero-order chi connectivity index (χ0) is 19.5. The Balaban J connectivity index is 1.31. The second-order valence-electron chi connectivity index (χ2n) is 10.0. The summed E-state index contributed by atoms with van der Waals surface area (Å²) in [6.07, 6.45) is 16.8. The molecule has 0 saturated heterocycles. The van der Waals surface area contributed by atoms with E-state index in [2.05, 4.69) is 6.92 Å². The lowest BCUT2D eigenvalue weighted by molar-refractivity contribution is 0.0711. The summed E-state index contributed by atoms with van der Waals surface area (Å²) >= 11 is 0. The summed E-state index contributed by atoms with van der Waals surface area (Å²) in [4.78, 5) is 0. The Morgan fingerprint density at radius 1 is 0.893 bits per heavy atom. The third kappa shape index (κ3) is 4.29. The molecule has 0 bridgehead atoms. The van der Waals surface area contributed by atoms with Crippen LogP contribution in [-0.2, 0) is 0 Å². The van der Waals surface area contributed by atoms with E-state index in [1.54, 1.807) is 12.1 Å². The van der Waals surface area contributed by atoms with Gasteiger partial charge in [0.05, 0.1) is 5.56 Å². The Kier molecular flexibility index (Phi) is 6.39. The molecule has 3 saturated carbocycles. The van der Waals surface area contributed by atoms with E-state index in [0.717, 1.165) is 35.2 Å². The van der Waals surface area contributed by atoms with Crippen LogP contribution in [0.15, 0.2) is 18.2 Å². The van der Waals surface area contributed by atoms with Crippen molar-refractivity contribution in [2.24, 2.45) is 29.6 Å². The number of halogens is 1. The maximum absolute atomic E-state index is 14.0. The summed E-state index contributed by atoms with van der Waals surface area (Å²) in [5, 5.41) is 8.96. The van der Waals surface area contributed by atoms with Crippen LogP contribution in [0.1, 0.15) is 101 Å². The highest BCUT2D eigenvalue weighted by Crippen LogP contribution is 2.51. The molecule has 2 heteroatoms. The van der Waals surface area contributed by atoms with E-state index in [-0.39, 0.29) is 11.4 Å². The number of hydrogen-bond donors (Lipinski definition) is 0. The average molecular weight is 382 g/mol. The minimum absolute atomic E-state index is 0.173. The molecular formula is C26H36FN. The van der Waals surface area contributed by atoms with Crippen LogP contribution < -0.4 is 0 Å². The highest BCUT2D eigenvalue weighted by molar-refractivity contribution is 5.35. The lowest BCUT2D eigenvalue weighted by Crippen LogP contribution is -2.34. The van der Waals surface area contributed by atoms with Crippen molar-refractivity contribution in [1.29, 1.82) is 5.26 Å². The quantitative estimate of drug-likeness (QED) is 0.526. The fourth-order valence-electron chi connectivity index (χ4n) is 6.89. The van der Waals surface area contributed by atoms with Crippen molar-refractivity contribution in [1.82, 2.24) is 0 Å². The number of benzene rings is 1. The summed E-state index contributed by atoms with van der Waals surface area (Å²) in [6.45, 7) is 2.33. The third-order valence-corrected chi connectivity index (χ3v) is 8.49. The predicted octanol–water partition coefficient (Wildman–Crippen LogP) is 7.60. The molecule has 0 aliphatic heterocycles. The van der Waals surface area contributed by atoms with Gasteiger partial charge in [-0.05, 0) is 105 Å². The van der Waals surface area contributed by atoms with Crippen LogP contribution in [0.4, 0.5) is 4.39 Å². The number of nitriles is 1. The van der Waals surface area contributed by atoms with Crippen molar-refractivity contribution in [2.75, 3.05) is 0 Å². The molecule has 4 unspecified atom stereocenters. The van der Waals surface area contributed by atoms with Gasteiger partial charge in [0.1, 0.15) is 11.9 Å². The molecular weight excluding hydrogens is 345 g/mol. The van der Waals surface area contributed by atoms with E-state index in [1.165, 1.54) is 77.0 Å². The Morgan fingerprint density at radius 3 is 2.21 bits per heavy atom. The van der Waals surface area contributed by atoms with Crippen molar-refractivity contribution in [3.63, 3.8) is 0 Å². The highest BCUT2D eigenvalue weighted by Gasteiger charge is 2.39. The molecule has 4 atom stereocenters. The molecule has 3 fully saturated rings. The van der Waals surface area contributed by atoms with Crippen LogP contribution in [0.3, 0.4) is 0 Å². The highest BCUT2D eigenvalue weighted by atomic mass is 19.1. The van der Waals surface area contributed by atoms with Gasteiger partial charge in [-0.3, -0.25) is 0 Å². The summed E-state index contributed by atoms with van der Waals surface area (Å²) in [5.41, 5.74) is 1.29. The topological polar surface area (TPSA) is 23.8 Å². The van der Waals surface area contributed by atoms with Crippen LogP contribution in [0.5, 0.6) is 0 Å². The van der Waals surface area contributed by atoms with Crippen LogP contribution in [0.25, 0.3) is 0 Å². The molecule has 4 rings (SSSR count). The minimum Gasteiger partial charge on any atom is -0.206 e. The van der Waals surface area contributed by atoms with Gasteiger partial charge >= 0.3 is 0 Å². The Morgan fingerprint density at radius 2 is 1.54 bits per heavy atom. The Hall–Kier alpha value is -1.36. The van der Waals surface area contributed by atoms with Gasteiger partial charge in [0, 0.05) is 0 Å². The van der Waals surface area contributed by atoms with Crippen LogP contribution >= 0.6 is 0 Å². The molecule has 0 N–H and O–H groups in total. The van der Waals surface area contributed by atoms with Crippen molar-refractivity contribution in [3.05, 3.63) is 35.1 Å². The molecule has 0 heterocycles.